The largest absolute Gasteiger partial charge is 0.479 e. The van der Waals surface area contributed by atoms with Gasteiger partial charge in [0.15, 0.2) is 6.10 Å². The third kappa shape index (κ3) is 3.13. The zero-order valence-electron chi connectivity index (χ0n) is 13.9. The van der Waals surface area contributed by atoms with Gasteiger partial charge in [-0.15, -0.1) is 0 Å². The molecule has 1 N–H and O–H groups in total. The molecule has 1 unspecified atom stereocenters. The molecular formula is C20H21NO3. The Morgan fingerprint density at radius 3 is 2.58 bits per heavy atom. The molecule has 0 radical (unpaired) electrons. The SMILES string of the molecule is CCc1cc2c(OC(C)C(=O)O)cccc2n1Cc1ccccc1. The van der Waals surface area contributed by atoms with E-state index in [2.05, 4.69) is 35.8 Å². The maximum atomic E-state index is 11.1. The molecule has 0 aliphatic carbocycles. The first kappa shape index (κ1) is 16.1. The van der Waals surface area contributed by atoms with Gasteiger partial charge < -0.3 is 14.4 Å². The molecule has 0 amide bonds. The number of nitrogens with zero attached hydrogens (tertiary/aromatic N) is 1. The van der Waals surface area contributed by atoms with E-state index < -0.39 is 12.1 Å². The summed E-state index contributed by atoms with van der Waals surface area (Å²) in [6.45, 7) is 4.45. The lowest BCUT2D eigenvalue weighted by Crippen LogP contribution is -2.22. The molecule has 0 bridgehead atoms. The van der Waals surface area contributed by atoms with Crippen molar-refractivity contribution in [2.24, 2.45) is 0 Å². The Morgan fingerprint density at radius 2 is 1.92 bits per heavy atom. The molecule has 3 rings (SSSR count). The number of aliphatic carboxylic acids is 1. The van der Waals surface area contributed by atoms with E-state index in [1.165, 1.54) is 11.3 Å². The Balaban J connectivity index is 2.05. The van der Waals surface area contributed by atoms with Crippen molar-refractivity contribution in [3.63, 3.8) is 0 Å². The molecule has 24 heavy (non-hydrogen) atoms. The van der Waals surface area contributed by atoms with Gasteiger partial charge in [-0.25, -0.2) is 4.79 Å². The fourth-order valence-electron chi connectivity index (χ4n) is 2.90. The maximum Gasteiger partial charge on any atom is 0.344 e. The van der Waals surface area contributed by atoms with Crippen molar-refractivity contribution in [3.05, 3.63) is 65.9 Å². The summed E-state index contributed by atoms with van der Waals surface area (Å²) in [6, 6.07) is 18.2. The van der Waals surface area contributed by atoms with Gasteiger partial charge in [0.25, 0.3) is 0 Å². The number of hydrogen-bond donors (Lipinski definition) is 1. The number of carboxylic acids is 1. The minimum Gasteiger partial charge on any atom is -0.479 e. The number of hydrogen-bond acceptors (Lipinski definition) is 2. The van der Waals surface area contributed by atoms with Gasteiger partial charge >= 0.3 is 5.97 Å². The number of aryl methyl sites for hydroxylation is 1. The lowest BCUT2D eigenvalue weighted by molar-refractivity contribution is -0.144. The van der Waals surface area contributed by atoms with Gasteiger partial charge in [0, 0.05) is 17.6 Å². The van der Waals surface area contributed by atoms with Gasteiger partial charge in [-0.05, 0) is 37.1 Å². The number of ether oxygens (including phenoxy) is 1. The van der Waals surface area contributed by atoms with E-state index in [1.54, 1.807) is 6.92 Å². The summed E-state index contributed by atoms with van der Waals surface area (Å²) >= 11 is 0. The summed E-state index contributed by atoms with van der Waals surface area (Å²) in [4.78, 5) is 11.1. The van der Waals surface area contributed by atoms with Crippen LogP contribution in [0.1, 0.15) is 25.1 Å². The second-order valence-corrected chi connectivity index (χ2v) is 5.85. The van der Waals surface area contributed by atoms with Crippen LogP contribution in [0.4, 0.5) is 0 Å². The van der Waals surface area contributed by atoms with Crippen molar-refractivity contribution >= 4 is 16.9 Å². The number of benzene rings is 2. The normalized spacial score (nSPS) is 12.2. The van der Waals surface area contributed by atoms with Crippen molar-refractivity contribution < 1.29 is 14.6 Å². The first-order chi connectivity index (χ1) is 11.6. The highest BCUT2D eigenvalue weighted by molar-refractivity contribution is 5.88. The zero-order valence-corrected chi connectivity index (χ0v) is 13.9. The Morgan fingerprint density at radius 1 is 1.17 bits per heavy atom. The lowest BCUT2D eigenvalue weighted by Gasteiger charge is -2.12. The summed E-state index contributed by atoms with van der Waals surface area (Å²) in [5, 5.41) is 10.0. The molecular weight excluding hydrogens is 302 g/mol. The molecule has 1 aromatic heterocycles. The summed E-state index contributed by atoms with van der Waals surface area (Å²) in [6.07, 6.45) is 0.0215. The lowest BCUT2D eigenvalue weighted by atomic mass is 10.2. The Bertz CT molecular complexity index is 852. The molecule has 4 nitrogen and oxygen atoms in total. The summed E-state index contributed by atoms with van der Waals surface area (Å²) in [7, 11) is 0. The molecule has 124 valence electrons. The topological polar surface area (TPSA) is 51.5 Å². The van der Waals surface area contributed by atoms with Crippen molar-refractivity contribution in [2.45, 2.75) is 32.9 Å². The molecule has 0 saturated carbocycles. The minimum atomic E-state index is -0.966. The molecule has 1 atom stereocenters. The van der Waals surface area contributed by atoms with E-state index in [-0.39, 0.29) is 0 Å². The summed E-state index contributed by atoms with van der Waals surface area (Å²) < 4.78 is 7.91. The van der Waals surface area contributed by atoms with Crippen LogP contribution in [0.3, 0.4) is 0 Å². The monoisotopic (exact) mass is 323 g/mol. The number of fused-ring (bicyclic) bond motifs is 1. The highest BCUT2D eigenvalue weighted by Gasteiger charge is 2.17. The van der Waals surface area contributed by atoms with Crippen LogP contribution in [0.15, 0.2) is 54.6 Å². The first-order valence-corrected chi connectivity index (χ1v) is 8.14. The van der Waals surface area contributed by atoms with Gasteiger partial charge in [0.2, 0.25) is 0 Å². The van der Waals surface area contributed by atoms with Crippen LogP contribution in [0.5, 0.6) is 5.75 Å². The second kappa shape index (κ2) is 6.79. The molecule has 0 spiro atoms. The van der Waals surface area contributed by atoms with Gasteiger partial charge in [0.1, 0.15) is 5.75 Å². The highest BCUT2D eigenvalue weighted by atomic mass is 16.5. The average Bonchev–Trinajstić information content (AvgIpc) is 2.94. The number of carbonyl (C=O) groups is 1. The van der Waals surface area contributed by atoms with Gasteiger partial charge in [-0.1, -0.05) is 43.3 Å². The van der Waals surface area contributed by atoms with Crippen LogP contribution in [-0.4, -0.2) is 21.7 Å². The third-order valence-electron chi connectivity index (χ3n) is 4.19. The predicted octanol–water partition coefficient (Wildman–Crippen LogP) is 4.10. The van der Waals surface area contributed by atoms with Gasteiger partial charge in [-0.3, -0.25) is 0 Å². The van der Waals surface area contributed by atoms with Crippen LogP contribution in [0.25, 0.3) is 10.9 Å². The van der Waals surface area contributed by atoms with E-state index in [0.29, 0.717) is 5.75 Å². The van der Waals surface area contributed by atoms with Gasteiger partial charge in [-0.2, -0.15) is 0 Å². The summed E-state index contributed by atoms with van der Waals surface area (Å²) in [5.41, 5.74) is 3.49. The standard InChI is InChI=1S/C20H21NO3/c1-3-16-12-17-18(21(16)13-15-8-5-4-6-9-15)10-7-11-19(17)24-14(2)20(22)23/h4-12,14H,3,13H2,1-2H3,(H,22,23). The quantitative estimate of drug-likeness (QED) is 0.743. The molecule has 0 saturated heterocycles. The number of carboxylic acid groups (broad SMARTS) is 1. The fraction of sp³-hybridized carbons (Fsp3) is 0.250. The average molecular weight is 323 g/mol. The minimum absolute atomic E-state index is 0.615. The van der Waals surface area contributed by atoms with E-state index in [4.69, 9.17) is 9.84 Å². The van der Waals surface area contributed by atoms with E-state index in [1.807, 2.05) is 30.3 Å². The molecule has 0 aliphatic rings. The van der Waals surface area contributed by atoms with Crippen LogP contribution in [0, 0.1) is 0 Å². The van der Waals surface area contributed by atoms with E-state index in [9.17, 15) is 4.79 Å². The smallest absolute Gasteiger partial charge is 0.344 e. The van der Waals surface area contributed by atoms with E-state index in [0.717, 1.165) is 23.9 Å². The van der Waals surface area contributed by atoms with Crippen LogP contribution >= 0.6 is 0 Å². The zero-order chi connectivity index (χ0) is 17.1. The summed E-state index contributed by atoms with van der Waals surface area (Å²) in [5.74, 6) is -0.352. The van der Waals surface area contributed by atoms with E-state index >= 15 is 0 Å². The Kier molecular flexibility index (Phi) is 4.56. The molecule has 1 heterocycles. The molecule has 0 fully saturated rings. The molecule has 0 aliphatic heterocycles. The van der Waals surface area contributed by atoms with Crippen molar-refractivity contribution in [2.75, 3.05) is 0 Å². The Hall–Kier alpha value is -2.75. The second-order valence-electron chi connectivity index (χ2n) is 5.85. The third-order valence-corrected chi connectivity index (χ3v) is 4.19. The molecule has 3 aromatic rings. The molecule has 2 aromatic carbocycles. The predicted molar refractivity (Wildman–Crippen MR) is 94.6 cm³/mol. The Labute approximate surface area is 141 Å². The fourth-order valence-corrected chi connectivity index (χ4v) is 2.90. The van der Waals surface area contributed by atoms with Crippen LogP contribution in [0.2, 0.25) is 0 Å². The van der Waals surface area contributed by atoms with Crippen LogP contribution in [-0.2, 0) is 17.8 Å². The molecule has 4 heteroatoms. The van der Waals surface area contributed by atoms with Crippen molar-refractivity contribution in [1.29, 1.82) is 0 Å². The van der Waals surface area contributed by atoms with Crippen molar-refractivity contribution in [1.82, 2.24) is 4.57 Å². The van der Waals surface area contributed by atoms with Crippen LogP contribution < -0.4 is 4.74 Å². The highest BCUT2D eigenvalue weighted by Crippen LogP contribution is 2.30. The van der Waals surface area contributed by atoms with Gasteiger partial charge in [0.05, 0.1) is 5.52 Å². The first-order valence-electron chi connectivity index (χ1n) is 8.14. The maximum absolute atomic E-state index is 11.1. The van der Waals surface area contributed by atoms with Crippen molar-refractivity contribution in [3.8, 4) is 5.75 Å². The number of aromatic nitrogens is 1. The number of rotatable bonds is 6.